The third-order valence-electron chi connectivity index (χ3n) is 3.39. The van der Waals surface area contributed by atoms with Gasteiger partial charge in [-0.05, 0) is 42.0 Å². The van der Waals surface area contributed by atoms with Crippen LogP contribution in [0.3, 0.4) is 0 Å². The van der Waals surface area contributed by atoms with E-state index in [0.717, 1.165) is 11.1 Å². The zero-order valence-corrected chi connectivity index (χ0v) is 13.6. The molecule has 0 aliphatic carbocycles. The van der Waals surface area contributed by atoms with E-state index in [9.17, 15) is 8.78 Å². The molecule has 2 aromatic carbocycles. The summed E-state index contributed by atoms with van der Waals surface area (Å²) in [5, 5.41) is 9.13. The first-order chi connectivity index (χ1) is 11.7. The summed E-state index contributed by atoms with van der Waals surface area (Å²) in [6, 6.07) is 12.6. The molecular formula is C18H15F2N3S. The number of benzene rings is 2. The molecule has 0 bridgehead atoms. The van der Waals surface area contributed by atoms with Crippen molar-refractivity contribution in [2.24, 2.45) is 0 Å². The van der Waals surface area contributed by atoms with E-state index >= 15 is 0 Å². The summed E-state index contributed by atoms with van der Waals surface area (Å²) in [7, 11) is 0. The maximum atomic E-state index is 13.3. The van der Waals surface area contributed by atoms with Crippen LogP contribution in [0.2, 0.25) is 0 Å². The Hall–Kier alpha value is -2.47. The van der Waals surface area contributed by atoms with Crippen LogP contribution < -0.4 is 0 Å². The lowest BCUT2D eigenvalue weighted by Crippen LogP contribution is -2.00. The third-order valence-corrected chi connectivity index (χ3v) is 4.43. The van der Waals surface area contributed by atoms with Crippen LogP contribution in [0.25, 0.3) is 11.4 Å². The van der Waals surface area contributed by atoms with E-state index in [2.05, 4.69) is 16.8 Å². The van der Waals surface area contributed by atoms with Crippen molar-refractivity contribution < 1.29 is 8.78 Å². The van der Waals surface area contributed by atoms with E-state index in [1.54, 1.807) is 24.3 Å². The number of hydrogen-bond donors (Lipinski definition) is 0. The molecule has 0 aliphatic rings. The zero-order valence-electron chi connectivity index (χ0n) is 12.8. The first kappa shape index (κ1) is 16.4. The second-order valence-electron chi connectivity index (χ2n) is 5.13. The van der Waals surface area contributed by atoms with Gasteiger partial charge in [0.2, 0.25) is 0 Å². The van der Waals surface area contributed by atoms with Crippen molar-refractivity contribution in [3.8, 4) is 11.4 Å². The second-order valence-corrected chi connectivity index (χ2v) is 6.07. The van der Waals surface area contributed by atoms with E-state index in [1.807, 2.05) is 10.6 Å². The molecule has 0 unspecified atom stereocenters. The first-order valence-corrected chi connectivity index (χ1v) is 8.33. The molecule has 0 amide bonds. The lowest BCUT2D eigenvalue weighted by molar-refractivity contribution is 0.626. The molecule has 0 saturated carbocycles. The Morgan fingerprint density at radius 1 is 1.04 bits per heavy atom. The Bertz CT molecular complexity index is 844. The molecule has 0 atom stereocenters. The standard InChI is InChI=1S/C18H15F2N3S/c1-2-10-23-17(14-6-8-15(19)9-7-14)21-22-18(23)24-12-13-4-3-5-16(20)11-13/h2-9,11H,1,10,12H2. The zero-order chi connectivity index (χ0) is 16.9. The van der Waals surface area contributed by atoms with Crippen LogP contribution in [-0.2, 0) is 12.3 Å². The fourth-order valence-electron chi connectivity index (χ4n) is 2.28. The van der Waals surface area contributed by atoms with Crippen LogP contribution in [0.5, 0.6) is 0 Å². The number of halogens is 2. The molecule has 1 aromatic heterocycles. The Morgan fingerprint density at radius 3 is 2.54 bits per heavy atom. The topological polar surface area (TPSA) is 30.7 Å². The minimum Gasteiger partial charge on any atom is -0.298 e. The Labute approximate surface area is 143 Å². The second kappa shape index (κ2) is 7.40. The highest BCUT2D eigenvalue weighted by Crippen LogP contribution is 2.26. The molecule has 3 rings (SSSR count). The highest BCUT2D eigenvalue weighted by Gasteiger charge is 2.13. The van der Waals surface area contributed by atoms with Gasteiger partial charge in [0, 0.05) is 17.9 Å². The van der Waals surface area contributed by atoms with Crippen molar-refractivity contribution in [3.05, 3.63) is 78.4 Å². The molecule has 0 radical (unpaired) electrons. The van der Waals surface area contributed by atoms with Crippen LogP contribution >= 0.6 is 11.8 Å². The molecule has 0 N–H and O–H groups in total. The fourth-order valence-corrected chi connectivity index (χ4v) is 3.17. The van der Waals surface area contributed by atoms with Gasteiger partial charge in [0.05, 0.1) is 0 Å². The summed E-state index contributed by atoms with van der Waals surface area (Å²) in [6.45, 7) is 4.29. The van der Waals surface area contributed by atoms with Gasteiger partial charge in [-0.2, -0.15) is 0 Å². The molecule has 24 heavy (non-hydrogen) atoms. The smallest absolute Gasteiger partial charge is 0.192 e. The predicted molar refractivity (Wildman–Crippen MR) is 91.6 cm³/mol. The van der Waals surface area contributed by atoms with Gasteiger partial charge in [0.1, 0.15) is 11.6 Å². The Morgan fingerprint density at radius 2 is 1.83 bits per heavy atom. The normalized spacial score (nSPS) is 10.8. The summed E-state index contributed by atoms with van der Waals surface area (Å²) in [5.41, 5.74) is 1.65. The quantitative estimate of drug-likeness (QED) is 0.480. The third kappa shape index (κ3) is 3.71. The number of rotatable bonds is 6. The summed E-state index contributed by atoms with van der Waals surface area (Å²) in [6.07, 6.45) is 1.75. The van der Waals surface area contributed by atoms with Crippen molar-refractivity contribution >= 4 is 11.8 Å². The average Bonchev–Trinajstić information content (AvgIpc) is 2.97. The van der Waals surface area contributed by atoms with E-state index in [1.165, 1.54) is 36.0 Å². The minimum atomic E-state index is -0.297. The molecular weight excluding hydrogens is 328 g/mol. The number of allylic oxidation sites excluding steroid dienone is 1. The highest BCUT2D eigenvalue weighted by atomic mass is 32.2. The molecule has 3 aromatic rings. The van der Waals surface area contributed by atoms with E-state index in [4.69, 9.17) is 0 Å². The maximum absolute atomic E-state index is 13.3. The van der Waals surface area contributed by atoms with Gasteiger partial charge in [-0.3, -0.25) is 4.57 Å². The number of thioether (sulfide) groups is 1. The van der Waals surface area contributed by atoms with Crippen molar-refractivity contribution in [2.75, 3.05) is 0 Å². The lowest BCUT2D eigenvalue weighted by Gasteiger charge is -2.08. The molecule has 3 nitrogen and oxygen atoms in total. The maximum Gasteiger partial charge on any atom is 0.192 e. The summed E-state index contributed by atoms with van der Waals surface area (Å²) >= 11 is 1.47. The SMILES string of the molecule is C=CCn1c(SCc2cccc(F)c2)nnc1-c1ccc(F)cc1. The molecule has 122 valence electrons. The van der Waals surface area contributed by atoms with Gasteiger partial charge >= 0.3 is 0 Å². The first-order valence-electron chi connectivity index (χ1n) is 7.34. The van der Waals surface area contributed by atoms with Crippen LogP contribution in [0.4, 0.5) is 8.78 Å². The molecule has 6 heteroatoms. The largest absolute Gasteiger partial charge is 0.298 e. The Balaban J connectivity index is 1.85. The van der Waals surface area contributed by atoms with E-state index in [-0.39, 0.29) is 11.6 Å². The van der Waals surface area contributed by atoms with Crippen molar-refractivity contribution in [1.29, 1.82) is 0 Å². The van der Waals surface area contributed by atoms with Gasteiger partial charge in [-0.25, -0.2) is 8.78 Å². The fraction of sp³-hybridized carbons (Fsp3) is 0.111. The Kier molecular flexibility index (Phi) is 5.05. The van der Waals surface area contributed by atoms with Crippen LogP contribution in [0, 0.1) is 11.6 Å². The average molecular weight is 343 g/mol. The summed E-state index contributed by atoms with van der Waals surface area (Å²) in [4.78, 5) is 0. The number of hydrogen-bond acceptors (Lipinski definition) is 3. The molecule has 1 heterocycles. The van der Waals surface area contributed by atoms with Gasteiger partial charge in [-0.15, -0.1) is 16.8 Å². The summed E-state index contributed by atoms with van der Waals surface area (Å²) < 4.78 is 28.3. The van der Waals surface area contributed by atoms with Crippen molar-refractivity contribution in [2.45, 2.75) is 17.5 Å². The number of aromatic nitrogens is 3. The van der Waals surface area contributed by atoms with E-state index < -0.39 is 0 Å². The predicted octanol–water partition coefficient (Wildman–Crippen LogP) is 4.70. The van der Waals surface area contributed by atoms with Gasteiger partial charge in [-0.1, -0.05) is 30.0 Å². The molecule has 0 saturated heterocycles. The van der Waals surface area contributed by atoms with Crippen molar-refractivity contribution in [3.63, 3.8) is 0 Å². The molecule has 0 aliphatic heterocycles. The van der Waals surface area contributed by atoms with Crippen LogP contribution in [0.1, 0.15) is 5.56 Å². The van der Waals surface area contributed by atoms with Crippen LogP contribution in [-0.4, -0.2) is 14.8 Å². The molecule has 0 fully saturated rings. The van der Waals surface area contributed by atoms with Crippen LogP contribution in [0.15, 0.2) is 66.3 Å². The lowest BCUT2D eigenvalue weighted by atomic mass is 10.2. The number of nitrogens with zero attached hydrogens (tertiary/aromatic N) is 3. The van der Waals surface area contributed by atoms with Gasteiger partial charge in [0.15, 0.2) is 11.0 Å². The van der Waals surface area contributed by atoms with Gasteiger partial charge < -0.3 is 0 Å². The van der Waals surface area contributed by atoms with Gasteiger partial charge in [0.25, 0.3) is 0 Å². The highest BCUT2D eigenvalue weighted by molar-refractivity contribution is 7.98. The van der Waals surface area contributed by atoms with Crippen molar-refractivity contribution in [1.82, 2.24) is 14.8 Å². The monoisotopic (exact) mass is 343 g/mol. The van der Waals surface area contributed by atoms with E-state index in [0.29, 0.717) is 23.3 Å². The minimum absolute atomic E-state index is 0.257. The molecule has 0 spiro atoms. The summed E-state index contributed by atoms with van der Waals surface area (Å²) in [5.74, 6) is 0.676.